The van der Waals surface area contributed by atoms with Gasteiger partial charge in [-0.25, -0.2) is 0 Å². The van der Waals surface area contributed by atoms with E-state index < -0.39 is 0 Å². The van der Waals surface area contributed by atoms with Gasteiger partial charge in [0.15, 0.2) is 0 Å². The van der Waals surface area contributed by atoms with E-state index in [1.165, 1.54) is 0 Å². The molecule has 1 aliphatic rings. The molecule has 1 aromatic rings. The molecule has 1 saturated carbocycles. The number of benzene rings is 1. The quantitative estimate of drug-likeness (QED) is 0.904. The van der Waals surface area contributed by atoms with Gasteiger partial charge in [0.1, 0.15) is 5.78 Å². The molecule has 0 aromatic heterocycles. The van der Waals surface area contributed by atoms with E-state index in [-0.39, 0.29) is 17.7 Å². The zero-order valence-corrected chi connectivity index (χ0v) is 12.1. The van der Waals surface area contributed by atoms with Crippen molar-refractivity contribution >= 4 is 39.2 Å². The van der Waals surface area contributed by atoms with Crippen molar-refractivity contribution in [2.45, 2.75) is 31.7 Å². The summed E-state index contributed by atoms with van der Waals surface area (Å²) in [4.78, 5) is 23.1. The summed E-state index contributed by atoms with van der Waals surface area (Å²) in [5.74, 6) is 0.142. The minimum Gasteiger partial charge on any atom is -0.349 e. The molecule has 1 aromatic carbocycles. The predicted molar refractivity (Wildman–Crippen MR) is 73.9 cm³/mol. The molecule has 1 amide bonds. The van der Waals surface area contributed by atoms with E-state index in [1.54, 1.807) is 18.2 Å². The Morgan fingerprint density at radius 2 is 1.94 bits per heavy atom. The molecule has 0 radical (unpaired) electrons. The van der Waals surface area contributed by atoms with Crippen LogP contribution in [0.15, 0.2) is 22.7 Å². The smallest absolute Gasteiger partial charge is 0.251 e. The predicted octanol–water partition coefficient (Wildman–Crippen LogP) is 3.34. The molecular formula is C13H13BrClNO2. The van der Waals surface area contributed by atoms with Crippen LogP contribution in [-0.4, -0.2) is 17.7 Å². The molecular weight excluding hydrogens is 318 g/mol. The van der Waals surface area contributed by atoms with Crippen LogP contribution in [-0.2, 0) is 4.79 Å². The first-order valence-electron chi connectivity index (χ1n) is 5.83. The Morgan fingerprint density at radius 3 is 2.56 bits per heavy atom. The highest BCUT2D eigenvalue weighted by Gasteiger charge is 2.20. The van der Waals surface area contributed by atoms with Gasteiger partial charge in [0, 0.05) is 33.9 Å². The number of rotatable bonds is 2. The van der Waals surface area contributed by atoms with Crippen molar-refractivity contribution in [1.29, 1.82) is 0 Å². The van der Waals surface area contributed by atoms with Crippen molar-refractivity contribution < 1.29 is 9.59 Å². The topological polar surface area (TPSA) is 46.2 Å². The Balaban J connectivity index is 2.01. The van der Waals surface area contributed by atoms with Gasteiger partial charge in [-0.1, -0.05) is 27.5 Å². The molecule has 0 atom stereocenters. The molecule has 18 heavy (non-hydrogen) atoms. The SMILES string of the molecule is O=C1CCC(NC(=O)c2cc(Cl)cc(Br)c2)CC1. The average Bonchev–Trinajstić information content (AvgIpc) is 2.31. The number of carbonyl (C=O) groups excluding carboxylic acids is 2. The lowest BCUT2D eigenvalue weighted by atomic mass is 9.94. The van der Waals surface area contributed by atoms with E-state index in [9.17, 15) is 9.59 Å². The Hall–Kier alpha value is -0.870. The maximum atomic E-state index is 12.0. The van der Waals surface area contributed by atoms with E-state index in [4.69, 9.17) is 11.6 Å². The zero-order valence-electron chi connectivity index (χ0n) is 9.71. The van der Waals surface area contributed by atoms with E-state index >= 15 is 0 Å². The molecule has 96 valence electrons. The summed E-state index contributed by atoms with van der Waals surface area (Å²) in [6, 6.07) is 5.19. The number of ketones is 1. The molecule has 1 N–H and O–H groups in total. The second-order valence-corrected chi connectivity index (χ2v) is 5.80. The minimum atomic E-state index is -0.141. The maximum absolute atomic E-state index is 12.0. The van der Waals surface area contributed by atoms with Crippen molar-refractivity contribution in [1.82, 2.24) is 5.32 Å². The van der Waals surface area contributed by atoms with Crippen LogP contribution in [0.5, 0.6) is 0 Å². The van der Waals surface area contributed by atoms with Crippen molar-refractivity contribution in [3.63, 3.8) is 0 Å². The number of nitrogens with one attached hydrogen (secondary N) is 1. The number of hydrogen-bond acceptors (Lipinski definition) is 2. The Kier molecular flexibility index (Phi) is 4.40. The number of Topliss-reactive ketones (excluding diaryl/α,β-unsaturated/α-hetero) is 1. The molecule has 0 heterocycles. The molecule has 0 saturated heterocycles. The van der Waals surface area contributed by atoms with Crippen LogP contribution >= 0.6 is 27.5 Å². The summed E-state index contributed by atoms with van der Waals surface area (Å²) in [7, 11) is 0. The van der Waals surface area contributed by atoms with Gasteiger partial charge in [0.05, 0.1) is 0 Å². The lowest BCUT2D eigenvalue weighted by Gasteiger charge is -2.22. The van der Waals surface area contributed by atoms with E-state index in [2.05, 4.69) is 21.2 Å². The monoisotopic (exact) mass is 329 g/mol. The van der Waals surface area contributed by atoms with Crippen molar-refractivity contribution in [3.8, 4) is 0 Å². The second-order valence-electron chi connectivity index (χ2n) is 4.44. The van der Waals surface area contributed by atoms with Gasteiger partial charge in [0.25, 0.3) is 5.91 Å². The molecule has 2 rings (SSSR count). The van der Waals surface area contributed by atoms with Gasteiger partial charge in [-0.2, -0.15) is 0 Å². The Labute approximate surface area is 119 Å². The summed E-state index contributed by atoms with van der Waals surface area (Å²) < 4.78 is 0.777. The van der Waals surface area contributed by atoms with Crippen LogP contribution in [0.3, 0.4) is 0 Å². The fourth-order valence-electron chi connectivity index (χ4n) is 2.04. The minimum absolute atomic E-state index is 0.0907. The van der Waals surface area contributed by atoms with Crippen LogP contribution in [0.2, 0.25) is 5.02 Å². The van der Waals surface area contributed by atoms with Gasteiger partial charge in [0.2, 0.25) is 0 Å². The van der Waals surface area contributed by atoms with Gasteiger partial charge in [-0.15, -0.1) is 0 Å². The van der Waals surface area contributed by atoms with Crippen molar-refractivity contribution in [2.75, 3.05) is 0 Å². The van der Waals surface area contributed by atoms with Crippen molar-refractivity contribution in [3.05, 3.63) is 33.3 Å². The lowest BCUT2D eigenvalue weighted by molar-refractivity contribution is -0.120. The maximum Gasteiger partial charge on any atom is 0.251 e. The third kappa shape index (κ3) is 3.56. The highest BCUT2D eigenvalue weighted by atomic mass is 79.9. The molecule has 0 spiro atoms. The molecule has 1 aliphatic carbocycles. The van der Waals surface area contributed by atoms with Gasteiger partial charge in [-0.3, -0.25) is 9.59 Å². The zero-order chi connectivity index (χ0) is 13.1. The molecule has 5 heteroatoms. The largest absolute Gasteiger partial charge is 0.349 e. The molecule has 0 bridgehead atoms. The number of halogens is 2. The van der Waals surface area contributed by atoms with E-state index in [0.29, 0.717) is 23.4 Å². The first kappa shape index (κ1) is 13.6. The summed E-state index contributed by atoms with van der Waals surface area (Å²) in [6.45, 7) is 0. The third-order valence-electron chi connectivity index (χ3n) is 3.00. The number of carbonyl (C=O) groups is 2. The fraction of sp³-hybridized carbons (Fsp3) is 0.385. The Morgan fingerprint density at radius 1 is 1.28 bits per heavy atom. The molecule has 0 aliphatic heterocycles. The summed E-state index contributed by atoms with van der Waals surface area (Å²) in [5, 5.41) is 3.46. The average molecular weight is 331 g/mol. The van der Waals surface area contributed by atoms with E-state index in [0.717, 1.165) is 17.3 Å². The van der Waals surface area contributed by atoms with Gasteiger partial charge in [-0.05, 0) is 31.0 Å². The van der Waals surface area contributed by atoms with Crippen LogP contribution in [0.4, 0.5) is 0 Å². The normalized spacial score (nSPS) is 16.7. The highest BCUT2D eigenvalue weighted by Crippen LogP contribution is 2.20. The standard InChI is InChI=1S/C13H13BrClNO2/c14-9-5-8(6-10(15)7-9)13(18)16-11-1-3-12(17)4-2-11/h5-7,11H,1-4H2,(H,16,18). The first-order valence-corrected chi connectivity index (χ1v) is 7.00. The van der Waals surface area contributed by atoms with Gasteiger partial charge >= 0.3 is 0 Å². The van der Waals surface area contributed by atoms with Gasteiger partial charge < -0.3 is 5.32 Å². The van der Waals surface area contributed by atoms with E-state index in [1.807, 2.05) is 0 Å². The van der Waals surface area contributed by atoms with Crippen LogP contribution < -0.4 is 5.32 Å². The van der Waals surface area contributed by atoms with Crippen molar-refractivity contribution in [2.24, 2.45) is 0 Å². The fourth-order valence-corrected chi connectivity index (χ4v) is 2.90. The summed E-state index contributed by atoms with van der Waals surface area (Å²) in [6.07, 6.45) is 2.58. The van der Waals surface area contributed by atoms with Crippen LogP contribution in [0, 0.1) is 0 Å². The second kappa shape index (κ2) is 5.85. The number of hydrogen-bond donors (Lipinski definition) is 1. The summed E-state index contributed by atoms with van der Waals surface area (Å²) in [5.41, 5.74) is 0.534. The van der Waals surface area contributed by atoms with Crippen LogP contribution in [0.25, 0.3) is 0 Å². The molecule has 0 unspecified atom stereocenters. The Bertz CT molecular complexity index is 460. The third-order valence-corrected chi connectivity index (χ3v) is 3.68. The molecule has 1 fully saturated rings. The first-order chi connectivity index (χ1) is 8.54. The molecule has 3 nitrogen and oxygen atoms in total. The summed E-state index contributed by atoms with van der Waals surface area (Å²) >= 11 is 9.21. The lowest BCUT2D eigenvalue weighted by Crippen LogP contribution is -2.37. The highest BCUT2D eigenvalue weighted by molar-refractivity contribution is 9.10. The van der Waals surface area contributed by atoms with Crippen LogP contribution in [0.1, 0.15) is 36.0 Å². The number of amides is 1.